The minimum Gasteiger partial charge on any atom is -0.454 e. The van der Waals surface area contributed by atoms with Gasteiger partial charge in [0.15, 0.2) is 5.82 Å². The number of carbonyl (C=O) groups excluding carboxylic acids is 1. The molecule has 1 saturated heterocycles. The lowest BCUT2D eigenvalue weighted by Crippen LogP contribution is -2.40. The largest absolute Gasteiger partial charge is 0.454 e. The van der Waals surface area contributed by atoms with Gasteiger partial charge in [-0.05, 0) is 36.8 Å². The Morgan fingerprint density at radius 1 is 1.19 bits per heavy atom. The number of ether oxygens (including phenoxy) is 2. The van der Waals surface area contributed by atoms with Gasteiger partial charge in [0.05, 0.1) is 34.7 Å². The summed E-state index contributed by atoms with van der Waals surface area (Å²) in [5, 5.41) is 0. The van der Waals surface area contributed by atoms with E-state index >= 15 is 0 Å². The summed E-state index contributed by atoms with van der Waals surface area (Å²) in [6.07, 6.45) is 0. The van der Waals surface area contributed by atoms with Crippen molar-refractivity contribution in [3.05, 3.63) is 59.4 Å². The van der Waals surface area contributed by atoms with Crippen molar-refractivity contribution in [3.63, 3.8) is 0 Å². The van der Waals surface area contributed by atoms with Gasteiger partial charge in [-0.25, -0.2) is 18.2 Å². The Bertz CT molecular complexity index is 1250. The van der Waals surface area contributed by atoms with Gasteiger partial charge in [-0.15, -0.1) is 0 Å². The number of nitrogens with zero attached hydrogens (tertiary/aromatic N) is 3. The number of imidazole rings is 1. The topological polar surface area (TPSA) is 90.7 Å². The fourth-order valence-corrected chi connectivity index (χ4v) is 4.97. The number of halogens is 2. The average Bonchev–Trinajstić information content (AvgIpc) is 3.17. The Hall–Kier alpha value is -2.89. The molecule has 0 unspecified atom stereocenters. The average molecular weight is 465 g/mol. The number of rotatable bonds is 6. The van der Waals surface area contributed by atoms with E-state index in [9.17, 15) is 22.0 Å². The summed E-state index contributed by atoms with van der Waals surface area (Å²) in [6.45, 7) is -0.677. The molecule has 2 heterocycles. The summed E-state index contributed by atoms with van der Waals surface area (Å²) >= 11 is 0. The van der Waals surface area contributed by atoms with E-state index in [1.807, 2.05) is 0 Å². The molecule has 1 aromatic heterocycles. The van der Waals surface area contributed by atoms with E-state index in [0.29, 0.717) is 28.9 Å². The van der Waals surface area contributed by atoms with E-state index in [1.165, 1.54) is 28.6 Å². The van der Waals surface area contributed by atoms with Gasteiger partial charge in [0.2, 0.25) is 10.0 Å². The Labute approximate surface area is 183 Å². The summed E-state index contributed by atoms with van der Waals surface area (Å²) in [4.78, 5) is 16.8. The summed E-state index contributed by atoms with van der Waals surface area (Å²) < 4.78 is 65.4. The van der Waals surface area contributed by atoms with Gasteiger partial charge < -0.3 is 9.47 Å². The number of aryl methyl sites for hydroxylation is 1. The number of hydrogen-bond donors (Lipinski definition) is 0. The van der Waals surface area contributed by atoms with Gasteiger partial charge in [0.1, 0.15) is 6.61 Å². The molecule has 2 aromatic carbocycles. The molecule has 1 aliphatic rings. The highest BCUT2D eigenvalue weighted by Gasteiger charge is 2.28. The van der Waals surface area contributed by atoms with Crippen LogP contribution in [0.25, 0.3) is 11.0 Å². The highest BCUT2D eigenvalue weighted by molar-refractivity contribution is 7.89. The molecule has 0 atom stereocenters. The first-order valence-corrected chi connectivity index (χ1v) is 11.3. The van der Waals surface area contributed by atoms with Crippen LogP contribution in [0.15, 0.2) is 47.4 Å². The predicted molar refractivity (Wildman–Crippen MR) is 111 cm³/mol. The Balaban J connectivity index is 1.57. The van der Waals surface area contributed by atoms with E-state index < -0.39 is 29.1 Å². The number of benzene rings is 2. The van der Waals surface area contributed by atoms with Crippen LogP contribution in [0.3, 0.4) is 0 Å². The molecule has 0 radical (unpaired) electrons. The van der Waals surface area contributed by atoms with Crippen LogP contribution in [0.1, 0.15) is 28.3 Å². The number of morpholine rings is 1. The van der Waals surface area contributed by atoms with E-state index in [4.69, 9.17) is 9.47 Å². The van der Waals surface area contributed by atoms with Crippen LogP contribution in [-0.4, -0.2) is 54.5 Å². The highest BCUT2D eigenvalue weighted by atomic mass is 32.2. The predicted octanol–water partition coefficient (Wildman–Crippen LogP) is 3.12. The first-order chi connectivity index (χ1) is 15.3. The molecule has 1 aliphatic heterocycles. The van der Waals surface area contributed by atoms with Crippen LogP contribution >= 0.6 is 0 Å². The Morgan fingerprint density at radius 2 is 1.91 bits per heavy atom. The fraction of sp³-hybridized carbons (Fsp3) is 0.333. The lowest BCUT2D eigenvalue weighted by molar-refractivity contribution is 0.0386. The molecular formula is C21H21F2N3O5S. The molecule has 0 spiro atoms. The van der Waals surface area contributed by atoms with E-state index in [0.717, 1.165) is 0 Å². The van der Waals surface area contributed by atoms with E-state index in [-0.39, 0.29) is 34.9 Å². The zero-order valence-electron chi connectivity index (χ0n) is 17.2. The number of esters is 1. The number of hydrogen-bond acceptors (Lipinski definition) is 6. The molecule has 1 fully saturated rings. The third-order valence-electron chi connectivity index (χ3n) is 5.23. The summed E-state index contributed by atoms with van der Waals surface area (Å²) in [5.74, 6) is -0.932. The lowest BCUT2D eigenvalue weighted by atomic mass is 10.1. The van der Waals surface area contributed by atoms with Gasteiger partial charge in [0, 0.05) is 13.1 Å². The Kier molecular flexibility index (Phi) is 6.22. The first kappa shape index (κ1) is 22.3. The Morgan fingerprint density at radius 3 is 2.62 bits per heavy atom. The van der Waals surface area contributed by atoms with Crippen LogP contribution < -0.4 is 0 Å². The molecule has 0 N–H and O–H groups in total. The van der Waals surface area contributed by atoms with Crippen molar-refractivity contribution in [2.24, 2.45) is 0 Å². The molecule has 170 valence electrons. The van der Waals surface area contributed by atoms with E-state index in [1.54, 1.807) is 25.1 Å². The maximum absolute atomic E-state index is 13.6. The molecule has 0 aliphatic carbocycles. The number of para-hydroxylation sites is 2. The fourth-order valence-electron chi connectivity index (χ4n) is 3.54. The quantitative estimate of drug-likeness (QED) is 0.520. The molecule has 0 amide bonds. The first-order valence-electron chi connectivity index (χ1n) is 9.88. The molecule has 11 heteroatoms. The van der Waals surface area contributed by atoms with Gasteiger partial charge in [0.25, 0.3) is 0 Å². The maximum Gasteiger partial charge on any atom is 0.338 e. The zero-order valence-corrected chi connectivity index (χ0v) is 18.0. The second kappa shape index (κ2) is 8.93. The van der Waals surface area contributed by atoms with Crippen LogP contribution in [0.2, 0.25) is 0 Å². The van der Waals surface area contributed by atoms with Crippen molar-refractivity contribution in [1.29, 1.82) is 0 Å². The molecular weight excluding hydrogens is 444 g/mol. The smallest absolute Gasteiger partial charge is 0.338 e. The third kappa shape index (κ3) is 4.23. The number of fused-ring (bicyclic) bond motifs is 1. The number of aromatic nitrogens is 2. The minimum atomic E-state index is -3.81. The van der Waals surface area contributed by atoms with Crippen molar-refractivity contribution in [2.75, 3.05) is 26.3 Å². The lowest BCUT2D eigenvalue weighted by Gasteiger charge is -2.26. The molecule has 0 bridgehead atoms. The van der Waals surface area contributed by atoms with Crippen LogP contribution in [0.4, 0.5) is 8.78 Å². The maximum atomic E-state index is 13.6. The highest BCUT2D eigenvalue weighted by Crippen LogP contribution is 2.25. The van der Waals surface area contributed by atoms with Crippen molar-refractivity contribution < 1.29 is 31.5 Å². The van der Waals surface area contributed by atoms with E-state index in [2.05, 4.69) is 4.98 Å². The summed E-state index contributed by atoms with van der Waals surface area (Å²) in [6, 6.07) is 10.6. The monoisotopic (exact) mass is 465 g/mol. The molecule has 32 heavy (non-hydrogen) atoms. The molecule has 0 saturated carbocycles. The normalized spacial score (nSPS) is 15.4. The van der Waals surface area contributed by atoms with Crippen molar-refractivity contribution in [1.82, 2.24) is 13.9 Å². The van der Waals surface area contributed by atoms with Gasteiger partial charge in [-0.3, -0.25) is 4.57 Å². The molecule has 3 aromatic rings. The second-order valence-corrected chi connectivity index (χ2v) is 9.17. The SMILES string of the molecule is Cc1ccc(S(=O)(=O)N2CCOCC2)cc1C(=O)OCc1nc2ccccc2n1C(F)F. The third-order valence-corrected chi connectivity index (χ3v) is 7.13. The molecule has 8 nitrogen and oxygen atoms in total. The number of sulfonamides is 1. The van der Waals surface area contributed by atoms with Gasteiger partial charge in [-0.2, -0.15) is 13.1 Å². The zero-order chi connectivity index (χ0) is 22.9. The summed E-state index contributed by atoms with van der Waals surface area (Å²) in [7, 11) is -3.81. The second-order valence-electron chi connectivity index (χ2n) is 7.23. The van der Waals surface area contributed by atoms with Crippen LogP contribution in [0.5, 0.6) is 0 Å². The molecule has 4 rings (SSSR count). The number of alkyl halides is 2. The van der Waals surface area contributed by atoms with Gasteiger partial charge in [-0.1, -0.05) is 18.2 Å². The number of carbonyl (C=O) groups is 1. The van der Waals surface area contributed by atoms with Crippen molar-refractivity contribution in [2.45, 2.75) is 25.0 Å². The standard InChI is InChI=1S/C21H21F2N3O5S/c1-14-6-7-15(32(28,29)25-8-10-30-11-9-25)12-16(14)20(27)31-13-19-24-17-4-2-3-5-18(17)26(19)21(22)23/h2-7,12,21H,8-11,13H2,1H3. The van der Waals surface area contributed by atoms with Crippen LogP contribution in [-0.2, 0) is 26.1 Å². The summed E-state index contributed by atoms with van der Waals surface area (Å²) in [5.41, 5.74) is 1.12. The van der Waals surface area contributed by atoms with Crippen molar-refractivity contribution >= 4 is 27.0 Å². The van der Waals surface area contributed by atoms with Crippen LogP contribution in [0, 0.1) is 6.92 Å². The minimum absolute atomic E-state index is 0.0408. The van der Waals surface area contributed by atoms with Crippen molar-refractivity contribution in [3.8, 4) is 0 Å². The van der Waals surface area contributed by atoms with Gasteiger partial charge >= 0.3 is 12.5 Å².